The Kier molecular flexibility index (Phi) is 4.02. The van der Waals surface area contributed by atoms with Crippen LogP contribution >= 0.6 is 15.9 Å². The molecule has 0 aliphatic heterocycles. The molecule has 0 saturated carbocycles. The van der Waals surface area contributed by atoms with Gasteiger partial charge in [-0.1, -0.05) is 6.07 Å². The fourth-order valence-corrected chi connectivity index (χ4v) is 1.50. The Hall–Kier alpha value is -1.17. The van der Waals surface area contributed by atoms with Gasteiger partial charge in [0.05, 0.1) is 0 Å². The molecule has 0 amide bonds. The van der Waals surface area contributed by atoms with Gasteiger partial charge in [0.2, 0.25) is 0 Å². The van der Waals surface area contributed by atoms with Gasteiger partial charge in [-0.2, -0.15) is 0 Å². The van der Waals surface area contributed by atoms with Gasteiger partial charge < -0.3 is 9.84 Å². The van der Waals surface area contributed by atoms with E-state index in [1.165, 1.54) is 18.2 Å². The summed E-state index contributed by atoms with van der Waals surface area (Å²) in [5.74, 6) is -1.30. The number of carbonyl (C=O) groups is 1. The number of ether oxygens (including phenoxy) is 1. The van der Waals surface area contributed by atoms with Gasteiger partial charge in [-0.15, -0.1) is 0 Å². The van der Waals surface area contributed by atoms with E-state index in [0.29, 0.717) is 4.47 Å². The van der Waals surface area contributed by atoms with Crippen molar-refractivity contribution in [1.82, 2.24) is 0 Å². The zero-order valence-corrected chi connectivity index (χ0v) is 9.00. The third-order valence-electron chi connectivity index (χ3n) is 1.55. The van der Waals surface area contributed by atoms with Gasteiger partial charge in [-0.25, -0.2) is 13.6 Å². The van der Waals surface area contributed by atoms with E-state index in [9.17, 15) is 13.6 Å². The van der Waals surface area contributed by atoms with Gasteiger partial charge >= 0.3 is 5.97 Å². The standard InChI is InChI=1S/C9H7BrF2O3/c10-5-2-1-3-6(8(5)9(13)14)15-4-7(11)12/h1-3,7H,4H2,(H,13,14). The molecule has 0 saturated heterocycles. The molecule has 82 valence electrons. The molecule has 15 heavy (non-hydrogen) atoms. The zero-order valence-electron chi connectivity index (χ0n) is 7.41. The van der Waals surface area contributed by atoms with Crippen molar-refractivity contribution in [3.63, 3.8) is 0 Å². The van der Waals surface area contributed by atoms with Crippen molar-refractivity contribution in [2.75, 3.05) is 6.61 Å². The molecule has 0 aliphatic rings. The van der Waals surface area contributed by atoms with Crippen molar-refractivity contribution in [2.45, 2.75) is 6.43 Å². The molecule has 1 aromatic carbocycles. The highest BCUT2D eigenvalue weighted by Gasteiger charge is 2.16. The van der Waals surface area contributed by atoms with Gasteiger partial charge in [0.25, 0.3) is 6.43 Å². The van der Waals surface area contributed by atoms with Crippen molar-refractivity contribution in [1.29, 1.82) is 0 Å². The lowest BCUT2D eigenvalue weighted by Gasteiger charge is -2.09. The number of hydrogen-bond acceptors (Lipinski definition) is 2. The molecule has 0 aromatic heterocycles. The van der Waals surface area contributed by atoms with Crippen molar-refractivity contribution >= 4 is 21.9 Å². The quantitative estimate of drug-likeness (QED) is 0.923. The van der Waals surface area contributed by atoms with Crippen LogP contribution in [-0.4, -0.2) is 24.1 Å². The van der Waals surface area contributed by atoms with Crippen LogP contribution in [0.2, 0.25) is 0 Å². The van der Waals surface area contributed by atoms with Gasteiger partial charge in [0, 0.05) is 4.47 Å². The lowest BCUT2D eigenvalue weighted by Crippen LogP contribution is -2.10. The van der Waals surface area contributed by atoms with E-state index in [1.807, 2.05) is 0 Å². The van der Waals surface area contributed by atoms with Crippen molar-refractivity contribution < 1.29 is 23.4 Å². The molecular formula is C9H7BrF2O3. The maximum Gasteiger partial charge on any atom is 0.340 e. The SMILES string of the molecule is O=C(O)c1c(Br)cccc1OCC(F)F. The maximum absolute atomic E-state index is 11.9. The van der Waals surface area contributed by atoms with Gasteiger partial charge in [-0.05, 0) is 28.1 Å². The fourth-order valence-electron chi connectivity index (χ4n) is 0.985. The van der Waals surface area contributed by atoms with Crippen LogP contribution in [0.1, 0.15) is 10.4 Å². The minimum Gasteiger partial charge on any atom is -0.487 e. The van der Waals surface area contributed by atoms with E-state index in [2.05, 4.69) is 20.7 Å². The number of carboxylic acids is 1. The summed E-state index contributed by atoms with van der Waals surface area (Å²) in [5.41, 5.74) is -0.154. The average molecular weight is 281 g/mol. The van der Waals surface area contributed by atoms with E-state index in [4.69, 9.17) is 5.11 Å². The summed E-state index contributed by atoms with van der Waals surface area (Å²) in [6.07, 6.45) is -2.63. The highest BCUT2D eigenvalue weighted by molar-refractivity contribution is 9.10. The number of rotatable bonds is 4. The first-order valence-electron chi connectivity index (χ1n) is 3.95. The lowest BCUT2D eigenvalue weighted by molar-refractivity contribution is 0.0663. The molecule has 6 heteroatoms. The van der Waals surface area contributed by atoms with E-state index in [1.54, 1.807) is 0 Å². The highest BCUT2D eigenvalue weighted by atomic mass is 79.9. The van der Waals surface area contributed by atoms with Crippen LogP contribution in [-0.2, 0) is 0 Å². The van der Waals surface area contributed by atoms with Crippen molar-refractivity contribution in [2.24, 2.45) is 0 Å². The summed E-state index contributed by atoms with van der Waals surface area (Å²) < 4.78 is 28.7. The van der Waals surface area contributed by atoms with E-state index in [0.717, 1.165) is 0 Å². The second-order valence-electron chi connectivity index (χ2n) is 2.62. The molecule has 0 unspecified atom stereocenters. The number of carboxylic acid groups (broad SMARTS) is 1. The molecule has 1 N–H and O–H groups in total. The highest BCUT2D eigenvalue weighted by Crippen LogP contribution is 2.26. The molecule has 0 aliphatic carbocycles. The van der Waals surface area contributed by atoms with Crippen LogP contribution in [0.25, 0.3) is 0 Å². The maximum atomic E-state index is 11.9. The number of alkyl halides is 2. The first kappa shape index (κ1) is 11.9. The largest absolute Gasteiger partial charge is 0.487 e. The predicted molar refractivity (Wildman–Crippen MR) is 52.6 cm³/mol. The Morgan fingerprint density at radius 2 is 2.20 bits per heavy atom. The molecule has 0 radical (unpaired) electrons. The van der Waals surface area contributed by atoms with Crippen LogP contribution < -0.4 is 4.74 Å². The van der Waals surface area contributed by atoms with Gasteiger partial charge in [-0.3, -0.25) is 0 Å². The van der Waals surface area contributed by atoms with Crippen molar-refractivity contribution in [3.8, 4) is 5.75 Å². The Morgan fingerprint density at radius 3 is 2.73 bits per heavy atom. The Labute approximate surface area is 92.8 Å². The summed E-state index contributed by atoms with van der Waals surface area (Å²) in [4.78, 5) is 10.8. The number of halogens is 3. The summed E-state index contributed by atoms with van der Waals surface area (Å²) in [5, 5.41) is 8.81. The minimum absolute atomic E-state index is 0.0721. The first-order valence-corrected chi connectivity index (χ1v) is 4.74. The lowest BCUT2D eigenvalue weighted by atomic mass is 10.2. The average Bonchev–Trinajstić information content (AvgIpc) is 2.13. The summed E-state index contributed by atoms with van der Waals surface area (Å²) >= 11 is 3.01. The van der Waals surface area contributed by atoms with Crippen LogP contribution in [0, 0.1) is 0 Å². The molecular weight excluding hydrogens is 274 g/mol. The van der Waals surface area contributed by atoms with Gasteiger partial charge in [0.1, 0.15) is 17.9 Å². The Morgan fingerprint density at radius 1 is 1.53 bits per heavy atom. The molecule has 0 atom stereocenters. The first-order chi connectivity index (χ1) is 7.02. The molecule has 0 bridgehead atoms. The molecule has 0 fully saturated rings. The summed E-state index contributed by atoms with van der Waals surface area (Å²) in [6.45, 7) is -0.823. The third kappa shape index (κ3) is 3.16. The van der Waals surface area contributed by atoms with Crippen LogP contribution in [0.5, 0.6) is 5.75 Å². The Balaban J connectivity index is 2.96. The van der Waals surface area contributed by atoms with Gasteiger partial charge in [0.15, 0.2) is 0 Å². The summed E-state index contributed by atoms with van der Waals surface area (Å²) in [6, 6.07) is 4.34. The molecule has 1 rings (SSSR count). The monoisotopic (exact) mass is 280 g/mol. The van der Waals surface area contributed by atoms with Crippen LogP contribution in [0.15, 0.2) is 22.7 Å². The normalized spacial score (nSPS) is 10.4. The van der Waals surface area contributed by atoms with Crippen LogP contribution in [0.4, 0.5) is 8.78 Å². The molecule has 0 spiro atoms. The number of hydrogen-bond donors (Lipinski definition) is 1. The predicted octanol–water partition coefficient (Wildman–Crippen LogP) is 2.79. The smallest absolute Gasteiger partial charge is 0.340 e. The molecule has 3 nitrogen and oxygen atoms in total. The minimum atomic E-state index is -2.63. The molecule has 0 heterocycles. The second-order valence-corrected chi connectivity index (χ2v) is 3.47. The zero-order chi connectivity index (χ0) is 11.4. The fraction of sp³-hybridized carbons (Fsp3) is 0.222. The number of aromatic carboxylic acids is 1. The van der Waals surface area contributed by atoms with E-state index < -0.39 is 19.0 Å². The van der Waals surface area contributed by atoms with E-state index >= 15 is 0 Å². The molecule has 1 aromatic rings. The Bertz CT molecular complexity index is 368. The summed E-state index contributed by atoms with van der Waals surface area (Å²) in [7, 11) is 0. The number of benzene rings is 1. The van der Waals surface area contributed by atoms with Crippen LogP contribution in [0.3, 0.4) is 0 Å². The topological polar surface area (TPSA) is 46.5 Å². The van der Waals surface area contributed by atoms with E-state index in [-0.39, 0.29) is 11.3 Å². The van der Waals surface area contributed by atoms with Crippen molar-refractivity contribution in [3.05, 3.63) is 28.2 Å². The third-order valence-corrected chi connectivity index (χ3v) is 2.21. The second kappa shape index (κ2) is 5.06.